The molecule has 1 N–H and O–H groups in total. The van der Waals surface area contributed by atoms with Crippen molar-refractivity contribution in [2.45, 2.75) is 32.4 Å². The highest BCUT2D eigenvalue weighted by Gasteiger charge is 2.11. The van der Waals surface area contributed by atoms with Crippen LogP contribution in [0.5, 0.6) is 0 Å². The van der Waals surface area contributed by atoms with Crippen molar-refractivity contribution in [3.05, 3.63) is 59.4 Å². The van der Waals surface area contributed by atoms with E-state index in [4.69, 9.17) is 0 Å². The minimum Gasteiger partial charge on any atom is -0.349 e. The van der Waals surface area contributed by atoms with Gasteiger partial charge in [-0.15, -0.1) is 0 Å². The van der Waals surface area contributed by atoms with Gasteiger partial charge in [0.25, 0.3) is 0 Å². The number of hydrogen-bond donors (Lipinski definition) is 1. The van der Waals surface area contributed by atoms with Crippen LogP contribution in [-0.2, 0) is 6.54 Å². The first kappa shape index (κ1) is 14.7. The predicted molar refractivity (Wildman–Crippen MR) is 76.6 cm³/mol. The van der Waals surface area contributed by atoms with Crippen molar-refractivity contribution in [1.82, 2.24) is 9.88 Å². The van der Waals surface area contributed by atoms with Crippen LogP contribution >= 0.6 is 0 Å². The van der Waals surface area contributed by atoms with E-state index < -0.39 is 11.6 Å². The zero-order valence-corrected chi connectivity index (χ0v) is 11.9. The Balaban J connectivity index is 2.15. The number of hydrogen-bond acceptors (Lipinski definition) is 1. The SMILES string of the molecule is CCCC(NC)c1ccn(Cc2cccc(F)c2F)c1. The fourth-order valence-electron chi connectivity index (χ4n) is 2.40. The van der Waals surface area contributed by atoms with E-state index >= 15 is 0 Å². The van der Waals surface area contributed by atoms with E-state index in [1.807, 2.05) is 30.1 Å². The summed E-state index contributed by atoms with van der Waals surface area (Å²) in [4.78, 5) is 0. The first-order valence-electron chi connectivity index (χ1n) is 6.91. The maximum atomic E-state index is 13.6. The van der Waals surface area contributed by atoms with Crippen LogP contribution in [0, 0.1) is 11.6 Å². The largest absolute Gasteiger partial charge is 0.349 e. The van der Waals surface area contributed by atoms with Crippen LogP contribution in [-0.4, -0.2) is 11.6 Å². The summed E-state index contributed by atoms with van der Waals surface area (Å²) in [7, 11) is 1.93. The molecule has 0 fully saturated rings. The lowest BCUT2D eigenvalue weighted by Crippen LogP contribution is -2.15. The molecule has 4 heteroatoms. The Kier molecular flexibility index (Phi) is 4.90. The molecule has 0 spiro atoms. The molecule has 1 heterocycles. The summed E-state index contributed by atoms with van der Waals surface area (Å²) in [6, 6.07) is 6.61. The van der Waals surface area contributed by atoms with Gasteiger partial charge in [-0.25, -0.2) is 8.78 Å². The smallest absolute Gasteiger partial charge is 0.163 e. The second-order valence-corrected chi connectivity index (χ2v) is 4.96. The van der Waals surface area contributed by atoms with Crippen LogP contribution in [0.3, 0.4) is 0 Å². The van der Waals surface area contributed by atoms with Crippen molar-refractivity contribution in [2.24, 2.45) is 0 Å². The zero-order valence-electron chi connectivity index (χ0n) is 11.9. The number of rotatable bonds is 6. The summed E-state index contributed by atoms with van der Waals surface area (Å²) in [5.41, 5.74) is 1.54. The van der Waals surface area contributed by atoms with Crippen molar-refractivity contribution in [1.29, 1.82) is 0 Å². The molecule has 1 aromatic carbocycles. The van der Waals surface area contributed by atoms with E-state index in [1.165, 1.54) is 11.6 Å². The maximum absolute atomic E-state index is 13.6. The van der Waals surface area contributed by atoms with Crippen LogP contribution in [0.25, 0.3) is 0 Å². The second kappa shape index (κ2) is 6.66. The van der Waals surface area contributed by atoms with Gasteiger partial charge >= 0.3 is 0 Å². The van der Waals surface area contributed by atoms with E-state index in [2.05, 4.69) is 12.2 Å². The Morgan fingerprint density at radius 2 is 2.05 bits per heavy atom. The first-order chi connectivity index (χ1) is 9.65. The lowest BCUT2D eigenvalue weighted by molar-refractivity contribution is 0.495. The van der Waals surface area contributed by atoms with Crippen LogP contribution in [0.2, 0.25) is 0 Å². The predicted octanol–water partition coefficient (Wildman–Crippen LogP) is 3.88. The summed E-state index contributed by atoms with van der Waals surface area (Å²) in [5, 5.41) is 3.27. The van der Waals surface area contributed by atoms with Gasteiger partial charge in [-0.05, 0) is 31.2 Å². The molecule has 0 aliphatic rings. The van der Waals surface area contributed by atoms with Gasteiger partial charge in [0.15, 0.2) is 11.6 Å². The summed E-state index contributed by atoms with van der Waals surface area (Å²) >= 11 is 0. The molecule has 1 unspecified atom stereocenters. The Hall–Kier alpha value is -1.68. The average Bonchev–Trinajstić information content (AvgIpc) is 2.89. The van der Waals surface area contributed by atoms with Gasteiger partial charge in [-0.3, -0.25) is 0 Å². The number of nitrogens with one attached hydrogen (secondary N) is 1. The second-order valence-electron chi connectivity index (χ2n) is 4.96. The Labute approximate surface area is 118 Å². The standard InChI is InChI=1S/C16H20F2N2/c1-3-5-15(19-2)12-8-9-20(10-12)11-13-6-4-7-14(17)16(13)18/h4,6-10,15,19H,3,5,11H2,1-2H3. The molecule has 0 amide bonds. The van der Waals surface area contributed by atoms with Gasteiger partial charge in [0.05, 0.1) is 0 Å². The lowest BCUT2D eigenvalue weighted by Gasteiger charge is -2.13. The molecule has 20 heavy (non-hydrogen) atoms. The van der Waals surface area contributed by atoms with E-state index in [9.17, 15) is 8.78 Å². The number of benzene rings is 1. The third-order valence-corrected chi connectivity index (χ3v) is 3.49. The van der Waals surface area contributed by atoms with Crippen molar-refractivity contribution < 1.29 is 8.78 Å². The van der Waals surface area contributed by atoms with E-state index in [0.29, 0.717) is 18.2 Å². The molecule has 0 aliphatic carbocycles. The molecular weight excluding hydrogens is 258 g/mol. The van der Waals surface area contributed by atoms with Gasteiger partial charge in [0, 0.05) is 30.5 Å². The topological polar surface area (TPSA) is 17.0 Å². The van der Waals surface area contributed by atoms with E-state index in [1.54, 1.807) is 6.07 Å². The number of halogens is 2. The monoisotopic (exact) mass is 278 g/mol. The third kappa shape index (κ3) is 3.25. The van der Waals surface area contributed by atoms with Gasteiger partial charge in [-0.1, -0.05) is 25.5 Å². The Bertz CT molecular complexity index is 563. The fourth-order valence-corrected chi connectivity index (χ4v) is 2.40. The molecule has 1 aromatic heterocycles. The molecule has 108 valence electrons. The third-order valence-electron chi connectivity index (χ3n) is 3.49. The first-order valence-corrected chi connectivity index (χ1v) is 6.91. The average molecular weight is 278 g/mol. The zero-order chi connectivity index (χ0) is 14.5. The van der Waals surface area contributed by atoms with Crippen LogP contribution < -0.4 is 5.32 Å². The summed E-state index contributed by atoms with van der Waals surface area (Å²) in [6.45, 7) is 2.48. The Morgan fingerprint density at radius 1 is 1.25 bits per heavy atom. The molecule has 2 rings (SSSR count). The molecule has 2 aromatic rings. The fraction of sp³-hybridized carbons (Fsp3) is 0.375. The highest BCUT2D eigenvalue weighted by atomic mass is 19.2. The van der Waals surface area contributed by atoms with Crippen molar-refractivity contribution in [3.8, 4) is 0 Å². The van der Waals surface area contributed by atoms with Gasteiger partial charge < -0.3 is 9.88 Å². The molecule has 2 nitrogen and oxygen atoms in total. The van der Waals surface area contributed by atoms with Crippen LogP contribution in [0.15, 0.2) is 36.7 Å². The number of nitrogens with zero attached hydrogens (tertiary/aromatic N) is 1. The summed E-state index contributed by atoms with van der Waals surface area (Å²) < 4.78 is 28.7. The lowest BCUT2D eigenvalue weighted by atomic mass is 10.1. The molecule has 0 radical (unpaired) electrons. The number of aromatic nitrogens is 1. The van der Waals surface area contributed by atoms with Crippen molar-refractivity contribution in [2.75, 3.05) is 7.05 Å². The molecule has 0 aliphatic heterocycles. The van der Waals surface area contributed by atoms with Crippen molar-refractivity contribution in [3.63, 3.8) is 0 Å². The molecule has 0 bridgehead atoms. The summed E-state index contributed by atoms with van der Waals surface area (Å²) in [5.74, 6) is -1.56. The van der Waals surface area contributed by atoms with Crippen LogP contribution in [0.1, 0.15) is 36.9 Å². The highest BCUT2D eigenvalue weighted by molar-refractivity contribution is 5.21. The van der Waals surface area contributed by atoms with E-state index in [0.717, 1.165) is 18.9 Å². The molecule has 0 saturated heterocycles. The molecule has 0 saturated carbocycles. The summed E-state index contributed by atoms with van der Waals surface area (Å²) in [6.07, 6.45) is 6.03. The van der Waals surface area contributed by atoms with Gasteiger partial charge in [0.1, 0.15) is 0 Å². The van der Waals surface area contributed by atoms with Crippen molar-refractivity contribution >= 4 is 0 Å². The van der Waals surface area contributed by atoms with Crippen LogP contribution in [0.4, 0.5) is 8.78 Å². The minimum absolute atomic E-state index is 0.304. The Morgan fingerprint density at radius 3 is 2.75 bits per heavy atom. The minimum atomic E-state index is -0.797. The van der Waals surface area contributed by atoms with E-state index in [-0.39, 0.29) is 0 Å². The quantitative estimate of drug-likeness (QED) is 0.848. The van der Waals surface area contributed by atoms with Gasteiger partial charge in [0.2, 0.25) is 0 Å². The molecular formula is C16H20F2N2. The molecule has 1 atom stereocenters. The normalized spacial score (nSPS) is 12.6. The van der Waals surface area contributed by atoms with Gasteiger partial charge in [-0.2, -0.15) is 0 Å². The highest BCUT2D eigenvalue weighted by Crippen LogP contribution is 2.20. The maximum Gasteiger partial charge on any atom is 0.163 e.